The molecule has 1 aliphatic rings. The molecule has 2 atom stereocenters. The first-order valence-electron chi connectivity index (χ1n) is 15.0. The summed E-state index contributed by atoms with van der Waals surface area (Å²) in [6.45, 7) is 5.30. The molecule has 0 saturated carbocycles. The highest BCUT2D eigenvalue weighted by Gasteiger charge is 2.31. The van der Waals surface area contributed by atoms with Gasteiger partial charge in [0.1, 0.15) is 11.6 Å². The number of aromatic nitrogens is 4. The summed E-state index contributed by atoms with van der Waals surface area (Å²) in [5, 5.41) is 0. The molecule has 226 valence electrons. The minimum atomic E-state index is -0.463. The van der Waals surface area contributed by atoms with Crippen LogP contribution >= 0.6 is 0 Å². The molecule has 0 bridgehead atoms. The van der Waals surface area contributed by atoms with Crippen molar-refractivity contribution < 1.29 is 9.59 Å². The maximum atomic E-state index is 12.4. The first kappa shape index (κ1) is 30.2. The Morgan fingerprint density at radius 1 is 0.953 bits per heavy atom. The minimum absolute atomic E-state index is 0.0199. The second-order valence-corrected chi connectivity index (χ2v) is 11.7. The molecule has 0 aliphatic carbocycles. The molecule has 6 N–H and O–H groups in total. The summed E-state index contributed by atoms with van der Waals surface area (Å²) in [6, 6.07) is 16.3. The van der Waals surface area contributed by atoms with Crippen LogP contribution in [0.15, 0.2) is 60.9 Å². The number of aromatic amines is 2. The Labute approximate surface area is 252 Å². The number of likely N-dealkylation sites (tertiary alicyclic amines) is 1. The van der Waals surface area contributed by atoms with E-state index in [0.29, 0.717) is 6.54 Å². The van der Waals surface area contributed by atoms with E-state index in [9.17, 15) is 9.59 Å². The molecule has 2 aromatic carbocycles. The predicted octanol–water partition coefficient (Wildman–Crippen LogP) is 4.13. The third-order valence-corrected chi connectivity index (χ3v) is 8.30. The summed E-state index contributed by atoms with van der Waals surface area (Å²) in [7, 11) is 1.80. The number of nitrogens with two attached hydrogens (primary N) is 2. The van der Waals surface area contributed by atoms with Crippen LogP contribution in [0.2, 0.25) is 0 Å². The Balaban J connectivity index is 1.17. The second-order valence-electron chi connectivity index (χ2n) is 11.7. The van der Waals surface area contributed by atoms with Gasteiger partial charge in [-0.1, -0.05) is 62.4 Å². The Kier molecular flexibility index (Phi) is 9.37. The average Bonchev–Trinajstić information content (AvgIpc) is 3.81. The topological polar surface area (TPSA) is 150 Å². The number of nitrogens with zero attached hydrogens (tertiary/aromatic N) is 4. The summed E-state index contributed by atoms with van der Waals surface area (Å²) in [5.74, 6) is 1.77. The first-order valence-corrected chi connectivity index (χ1v) is 15.0. The number of carbonyl (C=O) groups excluding carboxylic acids is 2. The molecule has 3 heterocycles. The van der Waals surface area contributed by atoms with Crippen molar-refractivity contribution in [1.29, 1.82) is 0 Å². The van der Waals surface area contributed by atoms with Crippen LogP contribution in [0.4, 0.5) is 0 Å². The van der Waals surface area contributed by atoms with Crippen LogP contribution in [0.1, 0.15) is 50.8 Å². The van der Waals surface area contributed by atoms with E-state index in [1.54, 1.807) is 11.9 Å². The Bertz CT molecular complexity index is 1520. The van der Waals surface area contributed by atoms with Crippen molar-refractivity contribution in [3.63, 3.8) is 0 Å². The molecule has 1 saturated heterocycles. The molecule has 0 unspecified atom stereocenters. The van der Waals surface area contributed by atoms with Crippen molar-refractivity contribution in [2.45, 2.75) is 51.6 Å². The summed E-state index contributed by atoms with van der Waals surface area (Å²) < 4.78 is 0. The van der Waals surface area contributed by atoms with Crippen molar-refractivity contribution in [1.82, 2.24) is 29.7 Å². The van der Waals surface area contributed by atoms with Gasteiger partial charge in [-0.25, -0.2) is 9.97 Å². The molecule has 1 fully saturated rings. The monoisotopic (exact) mass is 582 g/mol. The van der Waals surface area contributed by atoms with Gasteiger partial charge in [-0.2, -0.15) is 0 Å². The number of hydrogen-bond acceptors (Lipinski definition) is 6. The van der Waals surface area contributed by atoms with Gasteiger partial charge in [-0.3, -0.25) is 9.59 Å². The van der Waals surface area contributed by atoms with E-state index < -0.39 is 6.04 Å². The summed E-state index contributed by atoms with van der Waals surface area (Å²) in [5.41, 5.74) is 17.8. The lowest BCUT2D eigenvalue weighted by atomic mass is 10.0. The number of aryl methyl sites for hydroxylation is 1. The minimum Gasteiger partial charge on any atom is -0.344 e. The molecule has 43 heavy (non-hydrogen) atoms. The fourth-order valence-electron chi connectivity index (χ4n) is 5.57. The van der Waals surface area contributed by atoms with Gasteiger partial charge in [0.15, 0.2) is 0 Å². The van der Waals surface area contributed by atoms with Gasteiger partial charge in [-0.05, 0) is 47.4 Å². The Morgan fingerprint density at radius 3 is 2.14 bits per heavy atom. The number of rotatable bonds is 11. The van der Waals surface area contributed by atoms with Gasteiger partial charge in [-0.15, -0.1) is 0 Å². The fourth-order valence-corrected chi connectivity index (χ4v) is 5.57. The number of amides is 2. The molecule has 4 aromatic rings. The number of imidazole rings is 2. The van der Waals surface area contributed by atoms with E-state index in [0.717, 1.165) is 77.5 Å². The van der Waals surface area contributed by atoms with Crippen LogP contribution in [0, 0.1) is 5.92 Å². The predicted molar refractivity (Wildman–Crippen MR) is 169 cm³/mol. The van der Waals surface area contributed by atoms with Crippen LogP contribution in [-0.4, -0.2) is 74.3 Å². The number of hydrogen-bond donors (Lipinski definition) is 4. The maximum Gasteiger partial charge on any atom is 0.239 e. The van der Waals surface area contributed by atoms with E-state index in [2.05, 4.69) is 68.5 Å². The van der Waals surface area contributed by atoms with Crippen LogP contribution in [0.3, 0.4) is 0 Å². The summed E-state index contributed by atoms with van der Waals surface area (Å²) >= 11 is 0. The van der Waals surface area contributed by atoms with Crippen LogP contribution in [0.25, 0.3) is 33.6 Å². The zero-order valence-electron chi connectivity index (χ0n) is 25.2. The molecule has 5 rings (SSSR count). The van der Waals surface area contributed by atoms with Gasteiger partial charge in [0, 0.05) is 26.6 Å². The SMILES string of the molecule is CC(C)[C@H](N)C(=O)N(C)CCCc1ncc(-c2ccc(-c3ccc(-c4cnc([C@@H]5CCCN5C(=O)CN)[nH]4)cc3)cc2)[nH]1. The van der Waals surface area contributed by atoms with E-state index in [1.165, 1.54) is 0 Å². The molecule has 1 aliphatic heterocycles. The molecular formula is C33H42N8O2. The van der Waals surface area contributed by atoms with Gasteiger partial charge >= 0.3 is 0 Å². The highest BCUT2D eigenvalue weighted by molar-refractivity contribution is 5.81. The number of likely N-dealkylation sites (N-methyl/N-ethyl adjacent to an activating group) is 1. The van der Waals surface area contributed by atoms with Crippen molar-refractivity contribution in [2.75, 3.05) is 26.7 Å². The summed E-state index contributed by atoms with van der Waals surface area (Å²) in [6.07, 6.45) is 7.10. The standard InChI is InChI=1S/C33H42N8O2/c1-21(2)31(35)33(43)40(3)16-5-7-29-36-19-26(38-29)24-12-8-22(9-13-24)23-10-14-25(15-11-23)27-20-37-32(39-27)28-6-4-17-41(28)30(42)18-34/h8-15,19-21,28,31H,4-7,16-18,34-35H2,1-3H3,(H,36,38)(H,37,39)/t28-,31-/m0/s1. The molecule has 2 amide bonds. The molecular weight excluding hydrogens is 540 g/mol. The number of benzene rings is 2. The van der Waals surface area contributed by atoms with Crippen molar-refractivity contribution in [3.05, 3.63) is 72.6 Å². The van der Waals surface area contributed by atoms with Gasteiger partial charge < -0.3 is 31.2 Å². The quantitative estimate of drug-likeness (QED) is 0.209. The highest BCUT2D eigenvalue weighted by atomic mass is 16.2. The Hall–Kier alpha value is -4.28. The lowest BCUT2D eigenvalue weighted by molar-refractivity contribution is -0.132. The van der Waals surface area contributed by atoms with E-state index in [1.807, 2.05) is 31.1 Å². The third kappa shape index (κ3) is 6.87. The molecule has 10 heteroatoms. The average molecular weight is 583 g/mol. The van der Waals surface area contributed by atoms with Gasteiger partial charge in [0.25, 0.3) is 0 Å². The van der Waals surface area contributed by atoms with Crippen molar-refractivity contribution >= 4 is 11.8 Å². The smallest absolute Gasteiger partial charge is 0.239 e. The first-order chi connectivity index (χ1) is 20.7. The molecule has 0 radical (unpaired) electrons. The lowest BCUT2D eigenvalue weighted by Crippen LogP contribution is -2.45. The van der Waals surface area contributed by atoms with E-state index in [4.69, 9.17) is 11.5 Å². The van der Waals surface area contributed by atoms with Crippen LogP contribution in [-0.2, 0) is 16.0 Å². The number of H-pyrrole nitrogens is 2. The summed E-state index contributed by atoms with van der Waals surface area (Å²) in [4.78, 5) is 44.1. The molecule has 10 nitrogen and oxygen atoms in total. The molecule has 0 spiro atoms. The van der Waals surface area contributed by atoms with Crippen molar-refractivity contribution in [3.8, 4) is 33.6 Å². The van der Waals surface area contributed by atoms with Crippen molar-refractivity contribution in [2.24, 2.45) is 17.4 Å². The van der Waals surface area contributed by atoms with Gasteiger partial charge in [0.05, 0.1) is 42.4 Å². The normalized spacial score (nSPS) is 15.7. The fraction of sp³-hybridized carbons (Fsp3) is 0.394. The molecule has 2 aromatic heterocycles. The van der Waals surface area contributed by atoms with Gasteiger partial charge in [0.2, 0.25) is 11.8 Å². The lowest BCUT2D eigenvalue weighted by Gasteiger charge is -2.23. The maximum absolute atomic E-state index is 12.4. The largest absolute Gasteiger partial charge is 0.344 e. The highest BCUT2D eigenvalue weighted by Crippen LogP contribution is 2.32. The van der Waals surface area contributed by atoms with E-state index in [-0.39, 0.29) is 30.3 Å². The third-order valence-electron chi connectivity index (χ3n) is 8.30. The van der Waals surface area contributed by atoms with Crippen LogP contribution in [0.5, 0.6) is 0 Å². The zero-order valence-corrected chi connectivity index (χ0v) is 25.2. The zero-order chi connectivity index (χ0) is 30.5. The second kappa shape index (κ2) is 13.4. The Morgan fingerprint density at radius 2 is 1.53 bits per heavy atom. The van der Waals surface area contributed by atoms with E-state index >= 15 is 0 Å². The van der Waals surface area contributed by atoms with Crippen LogP contribution < -0.4 is 11.5 Å². The number of carbonyl (C=O) groups is 2. The number of nitrogens with one attached hydrogen (secondary N) is 2.